The Bertz CT molecular complexity index is 601. The topological polar surface area (TPSA) is 66.8 Å². The van der Waals surface area contributed by atoms with Gasteiger partial charge >= 0.3 is 13.1 Å². The van der Waals surface area contributed by atoms with Crippen LogP contribution in [-0.2, 0) is 11.3 Å². The largest absolute Gasteiger partial charge is 0.491 e. The molecule has 0 amide bonds. The molecule has 0 spiro atoms. The molecule has 0 atom stereocenters. The van der Waals surface area contributed by atoms with Gasteiger partial charge in [0, 0.05) is 5.46 Å². The summed E-state index contributed by atoms with van der Waals surface area (Å²) in [4.78, 5) is 11.8. The number of esters is 1. The Hall–Kier alpha value is -2.18. The molecule has 0 saturated heterocycles. The molecular formula is C14H12BFO4. The summed E-state index contributed by atoms with van der Waals surface area (Å²) in [7, 11) is -1.98. The summed E-state index contributed by atoms with van der Waals surface area (Å²) in [5, 5.41) is 18.0. The second kappa shape index (κ2) is 6.32. The van der Waals surface area contributed by atoms with E-state index in [0.29, 0.717) is 0 Å². The number of halogens is 1. The van der Waals surface area contributed by atoms with Crippen LogP contribution in [0.3, 0.4) is 0 Å². The van der Waals surface area contributed by atoms with Gasteiger partial charge in [0.25, 0.3) is 0 Å². The number of hydrogen-bond donors (Lipinski definition) is 2. The van der Waals surface area contributed by atoms with Crippen molar-refractivity contribution in [3.63, 3.8) is 0 Å². The van der Waals surface area contributed by atoms with Crippen LogP contribution < -0.4 is 5.46 Å². The van der Waals surface area contributed by atoms with E-state index in [1.54, 1.807) is 24.3 Å². The molecule has 20 heavy (non-hydrogen) atoms. The maximum atomic E-state index is 13.9. The second-order valence-corrected chi connectivity index (χ2v) is 4.14. The summed E-state index contributed by atoms with van der Waals surface area (Å²) in [6.07, 6.45) is 0. The molecule has 0 aromatic heterocycles. The molecule has 0 aliphatic heterocycles. The van der Waals surface area contributed by atoms with E-state index >= 15 is 0 Å². The summed E-state index contributed by atoms with van der Waals surface area (Å²) in [6, 6.07) is 12.8. The minimum Gasteiger partial charge on any atom is -0.457 e. The van der Waals surface area contributed by atoms with Gasteiger partial charge in [0.05, 0.1) is 5.56 Å². The number of benzene rings is 2. The molecule has 0 bridgehead atoms. The van der Waals surface area contributed by atoms with Gasteiger partial charge in [-0.25, -0.2) is 9.18 Å². The number of ether oxygens (including phenoxy) is 1. The summed E-state index contributed by atoms with van der Waals surface area (Å²) in [5.41, 5.74) is 0.0882. The lowest BCUT2D eigenvalue weighted by Crippen LogP contribution is -2.34. The third-order valence-corrected chi connectivity index (χ3v) is 2.74. The molecule has 0 heterocycles. The van der Waals surface area contributed by atoms with Gasteiger partial charge in [0.1, 0.15) is 12.4 Å². The minimum atomic E-state index is -1.98. The summed E-state index contributed by atoms with van der Waals surface area (Å²) < 4.78 is 18.9. The highest BCUT2D eigenvalue weighted by Crippen LogP contribution is 2.09. The van der Waals surface area contributed by atoms with Gasteiger partial charge in [-0.3, -0.25) is 0 Å². The van der Waals surface area contributed by atoms with E-state index in [9.17, 15) is 9.18 Å². The average Bonchev–Trinajstić information content (AvgIpc) is 2.46. The van der Waals surface area contributed by atoms with Gasteiger partial charge in [0.15, 0.2) is 0 Å². The zero-order chi connectivity index (χ0) is 14.5. The van der Waals surface area contributed by atoms with Crippen LogP contribution in [0, 0.1) is 5.82 Å². The van der Waals surface area contributed by atoms with E-state index in [1.807, 2.05) is 6.07 Å². The van der Waals surface area contributed by atoms with Gasteiger partial charge in [-0.15, -0.1) is 0 Å². The van der Waals surface area contributed by atoms with Gasteiger partial charge in [0.2, 0.25) is 0 Å². The maximum absolute atomic E-state index is 13.9. The molecule has 102 valence electrons. The molecule has 0 radical (unpaired) electrons. The lowest BCUT2D eigenvalue weighted by molar-refractivity contribution is 0.0467. The van der Waals surface area contributed by atoms with Crippen LogP contribution in [0.25, 0.3) is 0 Å². The molecule has 0 unspecified atom stereocenters. The Morgan fingerprint density at radius 3 is 2.45 bits per heavy atom. The van der Waals surface area contributed by atoms with Crippen molar-refractivity contribution in [3.8, 4) is 0 Å². The SMILES string of the molecule is O=C(OCc1ccccc1)c1cccc(B(O)O)c1F. The fraction of sp³-hybridized carbons (Fsp3) is 0.0714. The predicted molar refractivity (Wildman–Crippen MR) is 71.8 cm³/mol. The Morgan fingerprint density at radius 1 is 1.10 bits per heavy atom. The van der Waals surface area contributed by atoms with E-state index in [2.05, 4.69) is 0 Å². The maximum Gasteiger partial charge on any atom is 0.491 e. The summed E-state index contributed by atoms with van der Waals surface area (Å²) in [6.45, 7) is 0.0189. The van der Waals surface area contributed by atoms with E-state index in [0.717, 1.165) is 5.56 Å². The van der Waals surface area contributed by atoms with E-state index < -0.39 is 18.9 Å². The lowest BCUT2D eigenvalue weighted by atomic mass is 9.79. The molecule has 0 aliphatic carbocycles. The van der Waals surface area contributed by atoms with Gasteiger partial charge < -0.3 is 14.8 Å². The van der Waals surface area contributed by atoms with Gasteiger partial charge in [-0.05, 0) is 11.6 Å². The highest BCUT2D eigenvalue weighted by molar-refractivity contribution is 6.58. The quantitative estimate of drug-likeness (QED) is 0.641. The van der Waals surface area contributed by atoms with Crippen LogP contribution in [-0.4, -0.2) is 23.1 Å². The Kier molecular flexibility index (Phi) is 4.50. The number of rotatable bonds is 4. The van der Waals surface area contributed by atoms with Crippen molar-refractivity contribution >= 4 is 18.6 Å². The van der Waals surface area contributed by atoms with Crippen molar-refractivity contribution < 1.29 is 24.0 Å². The average molecular weight is 274 g/mol. The zero-order valence-electron chi connectivity index (χ0n) is 10.5. The Balaban J connectivity index is 2.12. The fourth-order valence-corrected chi connectivity index (χ4v) is 1.71. The Morgan fingerprint density at radius 2 is 1.80 bits per heavy atom. The van der Waals surface area contributed by atoms with Crippen molar-refractivity contribution in [1.82, 2.24) is 0 Å². The fourth-order valence-electron chi connectivity index (χ4n) is 1.71. The molecule has 6 heteroatoms. The van der Waals surface area contributed by atoms with Crippen LogP contribution in [0.5, 0.6) is 0 Å². The first-order valence-corrected chi connectivity index (χ1v) is 5.95. The van der Waals surface area contributed by atoms with Crippen LogP contribution in [0.1, 0.15) is 15.9 Å². The molecule has 0 fully saturated rings. The van der Waals surface area contributed by atoms with Crippen molar-refractivity contribution in [2.75, 3.05) is 0 Å². The lowest BCUT2D eigenvalue weighted by Gasteiger charge is -2.08. The van der Waals surface area contributed by atoms with E-state index in [1.165, 1.54) is 18.2 Å². The summed E-state index contributed by atoms with van der Waals surface area (Å²) in [5.74, 6) is -1.84. The molecule has 0 aliphatic rings. The van der Waals surface area contributed by atoms with Crippen LogP contribution in [0.4, 0.5) is 4.39 Å². The first kappa shape index (κ1) is 14.2. The number of hydrogen-bond acceptors (Lipinski definition) is 4. The predicted octanol–water partition coefficient (Wildman–Crippen LogP) is 0.862. The minimum absolute atomic E-state index is 0.0189. The van der Waals surface area contributed by atoms with Gasteiger partial charge in [-0.2, -0.15) is 0 Å². The second-order valence-electron chi connectivity index (χ2n) is 4.14. The molecular weight excluding hydrogens is 262 g/mol. The van der Waals surface area contributed by atoms with Crippen LogP contribution in [0.2, 0.25) is 0 Å². The Labute approximate surface area is 115 Å². The van der Waals surface area contributed by atoms with Crippen molar-refractivity contribution in [2.24, 2.45) is 0 Å². The highest BCUT2D eigenvalue weighted by Gasteiger charge is 2.22. The van der Waals surface area contributed by atoms with Crippen LogP contribution in [0.15, 0.2) is 48.5 Å². The monoisotopic (exact) mass is 274 g/mol. The number of carbonyl (C=O) groups excluding carboxylic acids is 1. The van der Waals surface area contributed by atoms with E-state index in [-0.39, 0.29) is 17.6 Å². The standard InChI is InChI=1S/C14H12BFO4/c16-13-11(7-4-8-12(13)15(18)19)14(17)20-9-10-5-2-1-3-6-10/h1-8,18-19H,9H2. The molecule has 4 nitrogen and oxygen atoms in total. The molecule has 2 N–H and O–H groups in total. The third kappa shape index (κ3) is 3.23. The first-order chi connectivity index (χ1) is 9.59. The molecule has 2 rings (SSSR count). The third-order valence-electron chi connectivity index (χ3n) is 2.74. The molecule has 0 saturated carbocycles. The zero-order valence-corrected chi connectivity index (χ0v) is 10.5. The molecule has 2 aromatic rings. The van der Waals surface area contributed by atoms with Crippen molar-refractivity contribution in [3.05, 3.63) is 65.5 Å². The first-order valence-electron chi connectivity index (χ1n) is 5.95. The number of carbonyl (C=O) groups is 1. The summed E-state index contributed by atoms with van der Waals surface area (Å²) >= 11 is 0. The smallest absolute Gasteiger partial charge is 0.457 e. The van der Waals surface area contributed by atoms with Crippen LogP contribution >= 0.6 is 0 Å². The normalized spacial score (nSPS) is 10.2. The van der Waals surface area contributed by atoms with Crippen molar-refractivity contribution in [2.45, 2.75) is 6.61 Å². The molecule has 2 aromatic carbocycles. The van der Waals surface area contributed by atoms with E-state index in [4.69, 9.17) is 14.8 Å². The highest BCUT2D eigenvalue weighted by atomic mass is 19.1. The van der Waals surface area contributed by atoms with Crippen molar-refractivity contribution in [1.29, 1.82) is 0 Å². The van der Waals surface area contributed by atoms with Gasteiger partial charge in [-0.1, -0.05) is 42.5 Å².